The lowest BCUT2D eigenvalue weighted by atomic mass is 9.84. The Balaban J connectivity index is 1.52. The molecular formula is C18H22BrNO4. The summed E-state index contributed by atoms with van der Waals surface area (Å²) in [5.41, 5.74) is 1.01. The number of hydrogen-bond donors (Lipinski definition) is 1. The number of carboxylic acids is 1. The van der Waals surface area contributed by atoms with Gasteiger partial charge in [-0.15, -0.1) is 0 Å². The highest BCUT2D eigenvalue weighted by Gasteiger charge is 2.40. The first-order valence-electron chi connectivity index (χ1n) is 8.41. The van der Waals surface area contributed by atoms with Crippen molar-refractivity contribution in [3.63, 3.8) is 0 Å². The molecule has 0 spiro atoms. The molecule has 24 heavy (non-hydrogen) atoms. The van der Waals surface area contributed by atoms with Gasteiger partial charge in [-0.2, -0.15) is 0 Å². The van der Waals surface area contributed by atoms with Gasteiger partial charge in [0.2, 0.25) is 5.91 Å². The zero-order valence-electron chi connectivity index (χ0n) is 13.5. The molecule has 6 heteroatoms. The third-order valence-corrected chi connectivity index (χ3v) is 5.61. The van der Waals surface area contributed by atoms with Crippen LogP contribution in [0.5, 0.6) is 0 Å². The number of amides is 1. The maximum absolute atomic E-state index is 12.4. The quantitative estimate of drug-likeness (QED) is 0.850. The Morgan fingerprint density at radius 2 is 1.83 bits per heavy atom. The fraction of sp³-hybridized carbons (Fsp3) is 0.556. The fourth-order valence-corrected chi connectivity index (χ4v) is 3.97. The first-order chi connectivity index (χ1) is 11.5. The molecule has 1 unspecified atom stereocenters. The fourth-order valence-electron chi connectivity index (χ4n) is 3.71. The van der Waals surface area contributed by atoms with Crippen molar-refractivity contribution in [3.05, 3.63) is 34.3 Å². The Morgan fingerprint density at radius 1 is 1.17 bits per heavy atom. The number of piperidine rings is 1. The van der Waals surface area contributed by atoms with E-state index < -0.39 is 5.97 Å². The van der Waals surface area contributed by atoms with Crippen LogP contribution in [0.1, 0.15) is 24.8 Å². The number of carbonyl (C=O) groups excluding carboxylic acids is 1. The Hall–Kier alpha value is -1.40. The van der Waals surface area contributed by atoms with Crippen molar-refractivity contribution in [2.24, 2.45) is 11.8 Å². The lowest BCUT2D eigenvalue weighted by molar-refractivity contribution is -0.145. The molecule has 0 aliphatic carbocycles. The predicted molar refractivity (Wildman–Crippen MR) is 92.6 cm³/mol. The van der Waals surface area contributed by atoms with Gasteiger partial charge >= 0.3 is 5.97 Å². The van der Waals surface area contributed by atoms with Gasteiger partial charge in [0.15, 0.2) is 0 Å². The lowest BCUT2D eigenvalue weighted by Crippen LogP contribution is -2.43. The molecular weight excluding hydrogens is 374 g/mol. The van der Waals surface area contributed by atoms with E-state index in [-0.39, 0.29) is 23.8 Å². The van der Waals surface area contributed by atoms with Crippen LogP contribution in [-0.2, 0) is 20.7 Å². The second-order valence-corrected chi connectivity index (χ2v) is 7.51. The Bertz CT molecular complexity index is 596. The van der Waals surface area contributed by atoms with Crippen LogP contribution >= 0.6 is 15.9 Å². The topological polar surface area (TPSA) is 66.8 Å². The van der Waals surface area contributed by atoms with Crippen molar-refractivity contribution in [3.8, 4) is 0 Å². The maximum Gasteiger partial charge on any atom is 0.309 e. The van der Waals surface area contributed by atoms with Crippen LogP contribution in [0.4, 0.5) is 0 Å². The summed E-state index contributed by atoms with van der Waals surface area (Å²) in [6, 6.07) is 7.80. The van der Waals surface area contributed by atoms with Crippen LogP contribution < -0.4 is 0 Å². The van der Waals surface area contributed by atoms with Gasteiger partial charge in [0.25, 0.3) is 0 Å². The van der Waals surface area contributed by atoms with Crippen molar-refractivity contribution in [1.82, 2.24) is 4.90 Å². The number of ether oxygens (including phenoxy) is 1. The van der Waals surface area contributed by atoms with Gasteiger partial charge in [-0.05, 0) is 42.9 Å². The second kappa shape index (κ2) is 7.66. The molecule has 2 aliphatic rings. The van der Waals surface area contributed by atoms with E-state index in [1.807, 2.05) is 29.2 Å². The normalized spacial score (nSPS) is 25.0. The molecule has 3 rings (SSSR count). The van der Waals surface area contributed by atoms with Crippen molar-refractivity contribution < 1.29 is 19.4 Å². The average Bonchev–Trinajstić information content (AvgIpc) is 3.07. The Kier molecular flexibility index (Phi) is 5.56. The van der Waals surface area contributed by atoms with Crippen molar-refractivity contribution >= 4 is 27.8 Å². The molecule has 2 heterocycles. The van der Waals surface area contributed by atoms with Crippen LogP contribution in [0.25, 0.3) is 0 Å². The highest BCUT2D eigenvalue weighted by Crippen LogP contribution is 2.33. The number of carboxylic acid groups (broad SMARTS) is 1. The van der Waals surface area contributed by atoms with Gasteiger partial charge in [-0.3, -0.25) is 9.59 Å². The van der Waals surface area contributed by atoms with Gasteiger partial charge < -0.3 is 14.7 Å². The third-order valence-electron chi connectivity index (χ3n) is 5.08. The van der Waals surface area contributed by atoms with Crippen molar-refractivity contribution in [2.75, 3.05) is 19.7 Å². The standard InChI is InChI=1S/C18H22BrNO4/c19-14-3-1-12(2-4-14)11-16(21)20-8-5-13(6-9-20)17-15(18(22)23)7-10-24-17/h1-4,13,15,17H,5-11H2,(H,22,23)/t15?,17-/m0/s1. The van der Waals surface area contributed by atoms with Gasteiger partial charge in [0.1, 0.15) is 0 Å². The first kappa shape index (κ1) is 17.4. The Morgan fingerprint density at radius 3 is 2.46 bits per heavy atom. The number of aliphatic carboxylic acids is 1. The summed E-state index contributed by atoms with van der Waals surface area (Å²) in [6.07, 6.45) is 2.46. The Labute approximate surface area is 150 Å². The smallest absolute Gasteiger partial charge is 0.309 e. The van der Waals surface area contributed by atoms with Crippen LogP contribution in [0.15, 0.2) is 28.7 Å². The molecule has 0 bridgehead atoms. The van der Waals surface area contributed by atoms with E-state index in [9.17, 15) is 14.7 Å². The van der Waals surface area contributed by atoms with E-state index in [0.29, 0.717) is 32.5 Å². The summed E-state index contributed by atoms with van der Waals surface area (Å²) in [7, 11) is 0. The van der Waals surface area contributed by atoms with Gasteiger partial charge in [-0.25, -0.2) is 0 Å². The number of likely N-dealkylation sites (tertiary alicyclic amines) is 1. The van der Waals surface area contributed by atoms with E-state index in [2.05, 4.69) is 15.9 Å². The molecule has 1 aromatic carbocycles. The van der Waals surface area contributed by atoms with Crippen LogP contribution in [0, 0.1) is 11.8 Å². The highest BCUT2D eigenvalue weighted by molar-refractivity contribution is 9.10. The van der Waals surface area contributed by atoms with Crippen molar-refractivity contribution in [2.45, 2.75) is 31.8 Å². The lowest BCUT2D eigenvalue weighted by Gasteiger charge is -2.35. The molecule has 1 N–H and O–H groups in total. The number of carbonyl (C=O) groups is 2. The minimum Gasteiger partial charge on any atom is -0.481 e. The maximum atomic E-state index is 12.4. The van der Waals surface area contributed by atoms with Gasteiger partial charge in [-0.1, -0.05) is 28.1 Å². The molecule has 2 saturated heterocycles. The molecule has 2 aliphatic heterocycles. The molecule has 130 valence electrons. The van der Waals surface area contributed by atoms with E-state index >= 15 is 0 Å². The molecule has 5 nitrogen and oxygen atoms in total. The number of rotatable bonds is 4. The molecule has 2 atom stereocenters. The summed E-state index contributed by atoms with van der Waals surface area (Å²) < 4.78 is 6.68. The molecule has 0 aromatic heterocycles. The molecule has 2 fully saturated rings. The number of benzene rings is 1. The van der Waals surface area contributed by atoms with Crippen LogP contribution in [-0.4, -0.2) is 47.7 Å². The zero-order chi connectivity index (χ0) is 17.1. The minimum absolute atomic E-state index is 0.137. The molecule has 1 aromatic rings. The number of hydrogen-bond acceptors (Lipinski definition) is 3. The van der Waals surface area contributed by atoms with E-state index in [1.54, 1.807) is 0 Å². The summed E-state index contributed by atoms with van der Waals surface area (Å²) in [5.74, 6) is -0.769. The minimum atomic E-state index is -0.758. The largest absolute Gasteiger partial charge is 0.481 e. The third kappa shape index (κ3) is 3.98. The number of nitrogens with zero attached hydrogens (tertiary/aromatic N) is 1. The van der Waals surface area contributed by atoms with Gasteiger partial charge in [0, 0.05) is 24.2 Å². The van der Waals surface area contributed by atoms with E-state index in [0.717, 1.165) is 22.9 Å². The summed E-state index contributed by atoms with van der Waals surface area (Å²) in [4.78, 5) is 25.6. The summed E-state index contributed by atoms with van der Waals surface area (Å²) >= 11 is 3.39. The van der Waals surface area contributed by atoms with Crippen LogP contribution in [0.2, 0.25) is 0 Å². The van der Waals surface area contributed by atoms with Gasteiger partial charge in [0.05, 0.1) is 18.4 Å². The van der Waals surface area contributed by atoms with E-state index in [1.165, 1.54) is 0 Å². The first-order valence-corrected chi connectivity index (χ1v) is 9.20. The molecule has 0 saturated carbocycles. The zero-order valence-corrected chi connectivity index (χ0v) is 15.1. The highest BCUT2D eigenvalue weighted by atomic mass is 79.9. The number of halogens is 1. The predicted octanol–water partition coefficient (Wildman–Crippen LogP) is 2.72. The van der Waals surface area contributed by atoms with Crippen molar-refractivity contribution in [1.29, 1.82) is 0 Å². The van der Waals surface area contributed by atoms with E-state index in [4.69, 9.17) is 4.74 Å². The monoisotopic (exact) mass is 395 g/mol. The average molecular weight is 396 g/mol. The molecule has 1 amide bonds. The summed E-state index contributed by atoms with van der Waals surface area (Å²) in [6.45, 7) is 1.91. The SMILES string of the molecule is O=C(O)C1CCO[C@H]1C1CCN(C(=O)Cc2ccc(Br)cc2)CC1. The summed E-state index contributed by atoms with van der Waals surface area (Å²) in [5, 5.41) is 9.29. The second-order valence-electron chi connectivity index (χ2n) is 6.59. The van der Waals surface area contributed by atoms with Crippen LogP contribution in [0.3, 0.4) is 0 Å². The molecule has 0 radical (unpaired) electrons.